The minimum Gasteiger partial charge on any atom is -0.459 e. The minimum atomic E-state index is -0.486. The first kappa shape index (κ1) is 23.7. The topological polar surface area (TPSA) is 109 Å². The second-order valence-electron chi connectivity index (χ2n) is 7.58. The highest BCUT2D eigenvalue weighted by Crippen LogP contribution is 2.29. The molecule has 7 atom stereocenters. The van der Waals surface area contributed by atoms with Gasteiger partial charge in [-0.3, -0.25) is 14.4 Å². The molecule has 2 rings (SSSR count). The van der Waals surface area contributed by atoms with Crippen molar-refractivity contribution in [3.63, 3.8) is 0 Å². The molecule has 29 heavy (non-hydrogen) atoms. The summed E-state index contributed by atoms with van der Waals surface area (Å²) in [4.78, 5) is 34.8. The molecule has 162 valence electrons. The predicted octanol–water partition coefficient (Wildman–Crippen LogP) is -1.74. The van der Waals surface area contributed by atoms with Crippen molar-refractivity contribution in [3.05, 3.63) is 0 Å². The van der Waals surface area contributed by atoms with Crippen LogP contribution < -0.4 is 5.32 Å². The average molecular weight is 411 g/mol. The summed E-state index contributed by atoms with van der Waals surface area (Å²) in [7, 11) is 5.31. The van der Waals surface area contributed by atoms with Crippen molar-refractivity contribution < 1.29 is 38.1 Å². The molecule has 0 aromatic carbocycles. The Kier molecular flexibility index (Phi) is 8.98. The fraction of sp³-hybridized carbons (Fsp3) is 0.833. The smallest absolute Gasteiger partial charge is 0.306 e. The van der Waals surface area contributed by atoms with Gasteiger partial charge in [0.05, 0.1) is 25.1 Å². The quantitative estimate of drug-likeness (QED) is 0.352. The molecule has 2 fully saturated rings. The van der Waals surface area contributed by atoms with Gasteiger partial charge in [0.2, 0.25) is 5.91 Å². The van der Waals surface area contributed by atoms with Gasteiger partial charge in [-0.15, -0.1) is 0 Å². The molecule has 0 radical (unpaired) electrons. The molecule has 0 saturated carbocycles. The van der Waals surface area contributed by atoms with Gasteiger partial charge in [-0.05, 0) is 6.42 Å². The maximum Gasteiger partial charge on any atom is 0.306 e. The van der Waals surface area contributed by atoms with Crippen LogP contribution in [0.2, 0.25) is 0 Å². The molecule has 2 heterocycles. The number of ether oxygens (including phenoxy) is 5. The number of carbonyl (C=O) groups excluding carboxylic acids is 3. The Bertz CT molecular complexity index is 592. The van der Waals surface area contributed by atoms with Crippen molar-refractivity contribution in [1.29, 1.82) is 0 Å². The first-order valence-corrected chi connectivity index (χ1v) is 10.2. The van der Waals surface area contributed by atoms with Gasteiger partial charge in [-0.25, -0.2) is 0 Å². The summed E-state index contributed by atoms with van der Waals surface area (Å²) in [5.74, 6) is -1.04. The monoisotopic (exact) mass is 411 g/mol. The van der Waals surface area contributed by atoms with Gasteiger partial charge in [0.25, 0.3) is 0 Å². The lowest BCUT2D eigenvalue weighted by Gasteiger charge is -2.26. The molecule has 0 spiro atoms. The molecule has 11 heteroatoms. The van der Waals surface area contributed by atoms with Crippen LogP contribution in [0.5, 0.6) is 0 Å². The van der Waals surface area contributed by atoms with Crippen LogP contribution in [0.4, 0.5) is 0 Å². The Morgan fingerprint density at radius 1 is 1.07 bits per heavy atom. The summed E-state index contributed by atoms with van der Waals surface area (Å²) in [6.07, 6.45) is -0.661. The summed E-state index contributed by atoms with van der Waals surface area (Å²) in [5.41, 5.74) is 0. The third-order valence-electron chi connectivity index (χ3n) is 5.20. The van der Waals surface area contributed by atoms with Gasteiger partial charge in [-0.2, -0.15) is 0 Å². The van der Waals surface area contributed by atoms with E-state index in [2.05, 4.69) is 5.32 Å². The van der Waals surface area contributed by atoms with E-state index >= 15 is 0 Å². The molecule has 0 aromatic rings. The van der Waals surface area contributed by atoms with Crippen molar-refractivity contribution in [2.45, 2.75) is 82.1 Å². The number of rotatable bonds is 9. The van der Waals surface area contributed by atoms with E-state index in [1.807, 2.05) is 22.6 Å². The molecule has 1 amide bonds. The second-order valence-corrected chi connectivity index (χ2v) is 7.58. The van der Waals surface area contributed by atoms with Crippen LogP contribution in [0.3, 0.4) is 0 Å². The highest BCUT2D eigenvalue weighted by atomic mass is 16.6. The van der Waals surface area contributed by atoms with E-state index in [4.69, 9.17) is 23.7 Å². The van der Waals surface area contributed by atoms with Crippen molar-refractivity contribution in [2.75, 3.05) is 13.7 Å². The van der Waals surface area contributed by atoms with Gasteiger partial charge in [0.15, 0.2) is 6.10 Å². The molecule has 1 N–H and O–H groups in total. The molecular formula is C18H31B2NO8. The van der Waals surface area contributed by atoms with Crippen LogP contribution in [0.25, 0.3) is 0 Å². The van der Waals surface area contributed by atoms with E-state index in [-0.39, 0.29) is 49.4 Å². The van der Waals surface area contributed by atoms with Crippen molar-refractivity contribution in [1.82, 2.24) is 5.32 Å². The van der Waals surface area contributed by atoms with Crippen LogP contribution in [0.15, 0.2) is 0 Å². The molecule has 2 unspecified atom stereocenters. The Labute approximate surface area is 173 Å². The average Bonchev–Trinajstić information content (AvgIpc) is 3.16. The van der Waals surface area contributed by atoms with Crippen molar-refractivity contribution in [2.24, 2.45) is 0 Å². The predicted molar refractivity (Wildman–Crippen MR) is 108 cm³/mol. The van der Waals surface area contributed by atoms with E-state index in [0.717, 1.165) is 0 Å². The molecule has 0 aromatic heterocycles. The molecular weight excluding hydrogens is 380 g/mol. The highest BCUT2D eigenvalue weighted by molar-refractivity contribution is 6.11. The Morgan fingerprint density at radius 2 is 1.79 bits per heavy atom. The molecule has 0 bridgehead atoms. The Hall–Kier alpha value is -1.58. The van der Waals surface area contributed by atoms with Crippen LogP contribution in [-0.2, 0) is 38.1 Å². The standard InChI is InChI=1S/C18H31B2NO8/c1-4-10-16(26-9(2)22)17(18(20)29-10)25-8-12-11(7-13(19)27-12)28-15(24)6-5-14(23)21-3/h10-13,16-18H,4-8,19-20H2,1-3H3,(H,21,23)/t10-,11?,12-,13-,16?,17+,18-/m1/s1. The lowest BCUT2D eigenvalue weighted by molar-refractivity contribution is -0.161. The summed E-state index contributed by atoms with van der Waals surface area (Å²) in [5, 5.41) is 2.47. The number of hydrogen-bond donors (Lipinski definition) is 1. The van der Waals surface area contributed by atoms with Gasteiger partial charge in [0, 0.05) is 32.8 Å². The molecule has 2 aliphatic heterocycles. The van der Waals surface area contributed by atoms with Crippen LogP contribution in [-0.4, -0.2) is 89.7 Å². The summed E-state index contributed by atoms with van der Waals surface area (Å²) < 4.78 is 28.7. The normalized spacial score (nSPS) is 34.0. The van der Waals surface area contributed by atoms with Gasteiger partial charge >= 0.3 is 11.9 Å². The summed E-state index contributed by atoms with van der Waals surface area (Å²) >= 11 is 0. The first-order chi connectivity index (χ1) is 13.7. The van der Waals surface area contributed by atoms with Crippen LogP contribution in [0.1, 0.15) is 39.5 Å². The zero-order chi connectivity index (χ0) is 21.6. The fourth-order valence-corrected chi connectivity index (χ4v) is 3.77. The lowest BCUT2D eigenvalue weighted by Crippen LogP contribution is -2.41. The number of esters is 2. The SMILES string of the molecule is B[C@@H]1O[C@H](CC)C(OC(C)=O)[C@@H]1OC[C@H]1O[C@@H](B)CC1OC(=O)CCC(=O)NC. The summed E-state index contributed by atoms with van der Waals surface area (Å²) in [6, 6.07) is -0.318. The third kappa shape index (κ3) is 6.72. The number of hydrogen-bond acceptors (Lipinski definition) is 8. The van der Waals surface area contributed by atoms with E-state index in [9.17, 15) is 14.4 Å². The zero-order valence-electron chi connectivity index (χ0n) is 17.8. The number of nitrogens with one attached hydrogen (secondary N) is 1. The van der Waals surface area contributed by atoms with Gasteiger partial charge in [-0.1, -0.05) is 6.92 Å². The van der Waals surface area contributed by atoms with E-state index < -0.39 is 30.4 Å². The highest BCUT2D eigenvalue weighted by Gasteiger charge is 2.45. The molecule has 9 nitrogen and oxygen atoms in total. The largest absolute Gasteiger partial charge is 0.459 e. The molecule has 0 aliphatic carbocycles. The van der Waals surface area contributed by atoms with Crippen LogP contribution in [0, 0.1) is 0 Å². The van der Waals surface area contributed by atoms with E-state index in [1.54, 1.807) is 0 Å². The van der Waals surface area contributed by atoms with E-state index in [1.165, 1.54) is 14.0 Å². The Balaban J connectivity index is 1.91. The Morgan fingerprint density at radius 3 is 2.41 bits per heavy atom. The second kappa shape index (κ2) is 11.0. The third-order valence-corrected chi connectivity index (χ3v) is 5.20. The van der Waals surface area contributed by atoms with Crippen molar-refractivity contribution >= 4 is 33.5 Å². The lowest BCUT2D eigenvalue weighted by atomic mass is 9.92. The zero-order valence-corrected chi connectivity index (χ0v) is 17.8. The van der Waals surface area contributed by atoms with E-state index in [0.29, 0.717) is 12.8 Å². The number of carbonyl (C=O) groups is 3. The van der Waals surface area contributed by atoms with Gasteiger partial charge < -0.3 is 29.0 Å². The molecule has 2 saturated heterocycles. The van der Waals surface area contributed by atoms with Crippen molar-refractivity contribution in [3.8, 4) is 0 Å². The molecule has 2 aliphatic rings. The minimum absolute atomic E-state index is 0.0122. The maximum atomic E-state index is 12.1. The maximum absolute atomic E-state index is 12.1. The number of amides is 1. The first-order valence-electron chi connectivity index (χ1n) is 10.2. The summed E-state index contributed by atoms with van der Waals surface area (Å²) in [6.45, 7) is 3.51. The fourth-order valence-electron chi connectivity index (χ4n) is 3.77. The van der Waals surface area contributed by atoms with Crippen LogP contribution >= 0.6 is 0 Å². The van der Waals surface area contributed by atoms with Gasteiger partial charge in [0.1, 0.15) is 34.0 Å².